The van der Waals surface area contributed by atoms with Gasteiger partial charge in [0.2, 0.25) is 0 Å². The fourth-order valence-corrected chi connectivity index (χ4v) is 3.51. The summed E-state index contributed by atoms with van der Waals surface area (Å²) in [4.78, 5) is 16.5. The van der Waals surface area contributed by atoms with Crippen LogP contribution >= 0.6 is 11.3 Å². The molecular formula is C20H21FN2O2S. The number of aryl methyl sites for hydroxylation is 1. The summed E-state index contributed by atoms with van der Waals surface area (Å²) in [6.07, 6.45) is 0. The van der Waals surface area contributed by atoms with Gasteiger partial charge >= 0.3 is 0 Å². The number of rotatable bonds is 4. The molecular weight excluding hydrogens is 351 g/mol. The number of ether oxygens (including phenoxy) is 1. The van der Waals surface area contributed by atoms with Crippen LogP contribution in [0.2, 0.25) is 0 Å². The number of hydrogen-bond donors (Lipinski definition) is 1. The zero-order valence-corrected chi connectivity index (χ0v) is 16.0. The van der Waals surface area contributed by atoms with Crippen molar-refractivity contribution in [1.29, 1.82) is 0 Å². The maximum absolute atomic E-state index is 13.3. The molecule has 0 aliphatic rings. The first kappa shape index (κ1) is 18.3. The van der Waals surface area contributed by atoms with E-state index < -0.39 is 0 Å². The first-order valence-corrected chi connectivity index (χ1v) is 9.14. The fourth-order valence-electron chi connectivity index (χ4n) is 2.61. The highest BCUT2D eigenvalue weighted by Gasteiger charge is 2.20. The second-order valence-electron chi connectivity index (χ2n) is 7.22. The van der Waals surface area contributed by atoms with Crippen LogP contribution in [-0.4, -0.2) is 17.5 Å². The van der Waals surface area contributed by atoms with Crippen LogP contribution in [0.25, 0.3) is 10.2 Å². The molecule has 1 amide bonds. The van der Waals surface area contributed by atoms with Crippen molar-refractivity contribution in [3.8, 4) is 5.75 Å². The Morgan fingerprint density at radius 1 is 1.23 bits per heavy atom. The predicted molar refractivity (Wildman–Crippen MR) is 104 cm³/mol. The zero-order valence-electron chi connectivity index (χ0n) is 15.2. The molecule has 6 heteroatoms. The van der Waals surface area contributed by atoms with Gasteiger partial charge in [-0.1, -0.05) is 49.8 Å². The van der Waals surface area contributed by atoms with Crippen molar-refractivity contribution < 1.29 is 13.9 Å². The van der Waals surface area contributed by atoms with Crippen molar-refractivity contribution in [3.05, 3.63) is 53.3 Å². The summed E-state index contributed by atoms with van der Waals surface area (Å²) in [6.45, 7) is 8.23. The molecule has 1 N–H and O–H groups in total. The van der Waals surface area contributed by atoms with Gasteiger partial charge in [-0.2, -0.15) is 0 Å². The van der Waals surface area contributed by atoms with Gasteiger partial charge in [0.15, 0.2) is 11.7 Å². The van der Waals surface area contributed by atoms with Crippen molar-refractivity contribution in [3.63, 3.8) is 0 Å². The lowest BCUT2D eigenvalue weighted by Gasteiger charge is -2.23. The number of carbonyl (C=O) groups excluding carboxylic acids is 1. The molecule has 0 atom stereocenters. The van der Waals surface area contributed by atoms with Gasteiger partial charge in [0.1, 0.15) is 11.6 Å². The third-order valence-electron chi connectivity index (χ3n) is 3.90. The van der Waals surface area contributed by atoms with Crippen LogP contribution in [-0.2, 0) is 10.2 Å². The third-order valence-corrected chi connectivity index (χ3v) is 4.83. The van der Waals surface area contributed by atoms with Gasteiger partial charge in [0.25, 0.3) is 5.91 Å². The molecule has 2 aromatic carbocycles. The summed E-state index contributed by atoms with van der Waals surface area (Å²) < 4.78 is 19.7. The van der Waals surface area contributed by atoms with Crippen LogP contribution in [0.3, 0.4) is 0 Å². The average molecular weight is 372 g/mol. The van der Waals surface area contributed by atoms with Crippen LogP contribution in [0, 0.1) is 12.7 Å². The Kier molecular flexibility index (Phi) is 4.96. The lowest BCUT2D eigenvalue weighted by molar-refractivity contribution is -0.118. The van der Waals surface area contributed by atoms with Gasteiger partial charge in [-0.15, -0.1) is 0 Å². The number of halogens is 1. The maximum atomic E-state index is 13.3. The topological polar surface area (TPSA) is 51.2 Å². The standard InChI is InChI=1S/C20H21FN2O2S/c1-12-5-8-16(14(9-12)20(2,3)4)25-11-18(24)23-19-22-15-7-6-13(21)10-17(15)26-19/h5-10H,11H2,1-4H3,(H,22,23,24). The number of benzene rings is 2. The molecule has 0 unspecified atom stereocenters. The summed E-state index contributed by atoms with van der Waals surface area (Å²) in [5, 5.41) is 3.14. The van der Waals surface area contributed by atoms with Crippen LogP contribution in [0.5, 0.6) is 5.75 Å². The molecule has 3 rings (SSSR count). The molecule has 26 heavy (non-hydrogen) atoms. The Morgan fingerprint density at radius 2 is 2.00 bits per heavy atom. The molecule has 0 aliphatic carbocycles. The Hall–Kier alpha value is -2.47. The van der Waals surface area contributed by atoms with E-state index in [1.54, 1.807) is 6.07 Å². The Balaban J connectivity index is 1.69. The molecule has 0 radical (unpaired) electrons. The summed E-state index contributed by atoms with van der Waals surface area (Å²) in [5.74, 6) is 0.0750. The molecule has 136 valence electrons. The molecule has 0 aliphatic heterocycles. The van der Waals surface area contributed by atoms with Crippen LogP contribution in [0.1, 0.15) is 31.9 Å². The van der Waals surface area contributed by atoms with Crippen molar-refractivity contribution in [1.82, 2.24) is 4.98 Å². The largest absolute Gasteiger partial charge is 0.483 e. The second kappa shape index (κ2) is 7.03. The summed E-state index contributed by atoms with van der Waals surface area (Å²) in [7, 11) is 0. The van der Waals surface area contributed by atoms with E-state index in [1.807, 2.05) is 19.1 Å². The van der Waals surface area contributed by atoms with E-state index >= 15 is 0 Å². The third kappa shape index (κ3) is 4.19. The van der Waals surface area contributed by atoms with Crippen LogP contribution in [0.4, 0.5) is 9.52 Å². The molecule has 1 heterocycles. The van der Waals surface area contributed by atoms with Gasteiger partial charge in [-0.05, 0) is 42.2 Å². The van der Waals surface area contributed by atoms with E-state index in [4.69, 9.17) is 4.74 Å². The first-order valence-electron chi connectivity index (χ1n) is 8.32. The quantitative estimate of drug-likeness (QED) is 0.696. The number of nitrogens with zero attached hydrogens (tertiary/aromatic N) is 1. The van der Waals surface area contributed by atoms with Crippen molar-refractivity contribution in [2.75, 3.05) is 11.9 Å². The lowest BCUT2D eigenvalue weighted by atomic mass is 9.85. The van der Waals surface area contributed by atoms with E-state index in [-0.39, 0.29) is 23.7 Å². The van der Waals surface area contributed by atoms with E-state index in [9.17, 15) is 9.18 Å². The van der Waals surface area contributed by atoms with Crippen molar-refractivity contribution in [2.24, 2.45) is 0 Å². The molecule has 0 bridgehead atoms. The number of carbonyl (C=O) groups is 1. The number of anilines is 1. The summed E-state index contributed by atoms with van der Waals surface area (Å²) in [6, 6.07) is 10.3. The average Bonchev–Trinajstić information content (AvgIpc) is 2.94. The predicted octanol–water partition coefficient (Wildman–Crippen LogP) is 5.06. The van der Waals surface area contributed by atoms with Gasteiger partial charge in [0.05, 0.1) is 10.2 Å². The van der Waals surface area contributed by atoms with Gasteiger partial charge in [-0.3, -0.25) is 10.1 Å². The molecule has 0 fully saturated rings. The van der Waals surface area contributed by atoms with E-state index in [2.05, 4.69) is 37.1 Å². The van der Waals surface area contributed by atoms with Crippen LogP contribution < -0.4 is 10.1 Å². The maximum Gasteiger partial charge on any atom is 0.264 e. The highest BCUT2D eigenvalue weighted by Crippen LogP contribution is 2.32. The lowest BCUT2D eigenvalue weighted by Crippen LogP contribution is -2.22. The number of aromatic nitrogens is 1. The van der Waals surface area contributed by atoms with Gasteiger partial charge in [0, 0.05) is 0 Å². The normalized spacial score (nSPS) is 11.6. The smallest absolute Gasteiger partial charge is 0.264 e. The minimum atomic E-state index is -0.323. The number of hydrogen-bond acceptors (Lipinski definition) is 4. The highest BCUT2D eigenvalue weighted by atomic mass is 32.1. The number of nitrogens with one attached hydrogen (secondary N) is 1. The Labute approximate surface area is 156 Å². The highest BCUT2D eigenvalue weighted by molar-refractivity contribution is 7.22. The van der Waals surface area contributed by atoms with Crippen molar-refractivity contribution >= 4 is 32.6 Å². The molecule has 4 nitrogen and oxygen atoms in total. The monoisotopic (exact) mass is 372 g/mol. The summed E-state index contributed by atoms with van der Waals surface area (Å²) >= 11 is 1.23. The molecule has 1 aromatic heterocycles. The molecule has 3 aromatic rings. The number of amides is 1. The number of fused-ring (bicyclic) bond motifs is 1. The fraction of sp³-hybridized carbons (Fsp3) is 0.300. The SMILES string of the molecule is Cc1ccc(OCC(=O)Nc2nc3ccc(F)cc3s2)c(C(C)(C)C)c1. The minimum absolute atomic E-state index is 0.0884. The molecule has 0 spiro atoms. The van der Waals surface area contributed by atoms with Gasteiger partial charge < -0.3 is 4.74 Å². The zero-order chi connectivity index (χ0) is 18.9. The molecule has 0 saturated carbocycles. The van der Waals surface area contributed by atoms with Crippen molar-refractivity contribution in [2.45, 2.75) is 33.1 Å². The minimum Gasteiger partial charge on any atom is -0.483 e. The van der Waals surface area contributed by atoms with Gasteiger partial charge in [-0.25, -0.2) is 9.37 Å². The summed E-state index contributed by atoms with van der Waals surface area (Å²) in [5.41, 5.74) is 2.77. The van der Waals surface area contributed by atoms with E-state index in [0.29, 0.717) is 21.1 Å². The second-order valence-corrected chi connectivity index (χ2v) is 8.25. The van der Waals surface area contributed by atoms with E-state index in [1.165, 1.54) is 23.5 Å². The Morgan fingerprint density at radius 3 is 2.73 bits per heavy atom. The Bertz CT molecular complexity index is 960. The van der Waals surface area contributed by atoms with E-state index in [0.717, 1.165) is 11.1 Å². The first-order chi connectivity index (χ1) is 12.2. The number of thiazole rings is 1. The van der Waals surface area contributed by atoms with Crippen LogP contribution in [0.15, 0.2) is 36.4 Å². The molecule has 0 saturated heterocycles.